The molecule has 0 saturated carbocycles. The van der Waals surface area contributed by atoms with E-state index >= 15 is 0 Å². The van der Waals surface area contributed by atoms with Gasteiger partial charge in [-0.1, -0.05) is 42.5 Å². The molecule has 0 radical (unpaired) electrons. The number of benzene rings is 2. The molecule has 1 atom stereocenters. The first kappa shape index (κ1) is 18.9. The molecule has 1 aliphatic rings. The molecule has 2 aromatic rings. The van der Waals surface area contributed by atoms with Gasteiger partial charge in [-0.05, 0) is 43.7 Å². The van der Waals surface area contributed by atoms with Gasteiger partial charge in [0, 0.05) is 19.2 Å². The highest BCUT2D eigenvalue weighted by atomic mass is 16.6. The lowest BCUT2D eigenvalue weighted by Crippen LogP contribution is -2.45. The number of hydrogen-bond acceptors (Lipinski definition) is 4. The van der Waals surface area contributed by atoms with Crippen molar-refractivity contribution in [3.05, 3.63) is 70.3 Å². The van der Waals surface area contributed by atoms with Gasteiger partial charge < -0.3 is 9.64 Å². The summed E-state index contributed by atoms with van der Waals surface area (Å²) in [7, 11) is 0. The number of nitro benzene ring substituents is 1. The number of hydrogen-bond donors (Lipinski definition) is 0. The SMILES string of the molecule is C[C@H](Oc1ccccc1[N+](=O)[O-])C(=O)N1CCC(Cc2ccccc2)CC1. The average molecular weight is 368 g/mol. The Balaban J connectivity index is 1.54. The number of nitrogens with zero attached hydrogens (tertiary/aromatic N) is 2. The van der Waals surface area contributed by atoms with E-state index in [0.29, 0.717) is 19.0 Å². The molecular formula is C21H24N2O4. The number of likely N-dealkylation sites (tertiary alicyclic amines) is 1. The summed E-state index contributed by atoms with van der Waals surface area (Å²) in [5.41, 5.74) is 1.20. The van der Waals surface area contributed by atoms with E-state index in [-0.39, 0.29) is 17.3 Å². The first-order valence-electron chi connectivity index (χ1n) is 9.27. The monoisotopic (exact) mass is 368 g/mol. The van der Waals surface area contributed by atoms with Gasteiger partial charge in [-0.15, -0.1) is 0 Å². The molecular weight excluding hydrogens is 344 g/mol. The van der Waals surface area contributed by atoms with Gasteiger partial charge in [0.15, 0.2) is 11.9 Å². The highest BCUT2D eigenvalue weighted by Crippen LogP contribution is 2.28. The first-order valence-corrected chi connectivity index (χ1v) is 9.27. The summed E-state index contributed by atoms with van der Waals surface area (Å²) in [6.07, 6.45) is 2.19. The van der Waals surface area contributed by atoms with Crippen LogP contribution in [0.15, 0.2) is 54.6 Å². The van der Waals surface area contributed by atoms with E-state index in [2.05, 4.69) is 24.3 Å². The van der Waals surface area contributed by atoms with Gasteiger partial charge in [0.05, 0.1) is 4.92 Å². The second-order valence-electron chi connectivity index (χ2n) is 6.94. The van der Waals surface area contributed by atoms with Gasteiger partial charge in [-0.2, -0.15) is 0 Å². The fourth-order valence-corrected chi connectivity index (χ4v) is 3.51. The van der Waals surface area contributed by atoms with Gasteiger partial charge >= 0.3 is 5.69 Å². The van der Waals surface area contributed by atoms with Crippen molar-refractivity contribution in [3.8, 4) is 5.75 Å². The molecule has 1 amide bonds. The van der Waals surface area contributed by atoms with Crippen molar-refractivity contribution in [2.24, 2.45) is 5.92 Å². The molecule has 6 nitrogen and oxygen atoms in total. The van der Waals surface area contributed by atoms with Gasteiger partial charge in [0.1, 0.15) is 0 Å². The van der Waals surface area contributed by atoms with E-state index in [1.807, 2.05) is 6.07 Å². The fraction of sp³-hybridized carbons (Fsp3) is 0.381. The minimum absolute atomic E-state index is 0.119. The summed E-state index contributed by atoms with van der Waals surface area (Å²) in [6.45, 7) is 3.04. The Morgan fingerprint density at radius 2 is 1.78 bits per heavy atom. The molecule has 27 heavy (non-hydrogen) atoms. The van der Waals surface area contributed by atoms with E-state index in [1.165, 1.54) is 17.7 Å². The van der Waals surface area contributed by atoms with E-state index in [1.54, 1.807) is 24.0 Å². The van der Waals surface area contributed by atoms with Crippen molar-refractivity contribution < 1.29 is 14.5 Å². The molecule has 1 fully saturated rings. The summed E-state index contributed by atoms with van der Waals surface area (Å²) in [6, 6.07) is 16.5. The molecule has 2 aromatic carbocycles. The van der Waals surface area contributed by atoms with Crippen LogP contribution >= 0.6 is 0 Å². The molecule has 6 heteroatoms. The predicted molar refractivity (Wildman–Crippen MR) is 103 cm³/mol. The molecule has 0 unspecified atom stereocenters. The zero-order valence-corrected chi connectivity index (χ0v) is 15.4. The van der Waals surface area contributed by atoms with Crippen LogP contribution in [0.2, 0.25) is 0 Å². The Morgan fingerprint density at radius 1 is 1.15 bits per heavy atom. The van der Waals surface area contributed by atoms with Gasteiger partial charge in [0.2, 0.25) is 0 Å². The molecule has 1 aliphatic heterocycles. The number of amides is 1. The van der Waals surface area contributed by atoms with Crippen LogP contribution in [0.1, 0.15) is 25.3 Å². The second-order valence-corrected chi connectivity index (χ2v) is 6.94. The maximum absolute atomic E-state index is 12.7. The third-order valence-electron chi connectivity index (χ3n) is 5.01. The summed E-state index contributed by atoms with van der Waals surface area (Å²) in [4.78, 5) is 25.1. The molecule has 0 bridgehead atoms. The topological polar surface area (TPSA) is 72.7 Å². The van der Waals surface area contributed by atoms with Crippen molar-refractivity contribution in [2.45, 2.75) is 32.3 Å². The van der Waals surface area contributed by atoms with E-state index in [0.717, 1.165) is 19.3 Å². The van der Waals surface area contributed by atoms with E-state index in [9.17, 15) is 14.9 Å². The van der Waals surface area contributed by atoms with Crippen molar-refractivity contribution in [2.75, 3.05) is 13.1 Å². The van der Waals surface area contributed by atoms with E-state index in [4.69, 9.17) is 4.74 Å². The van der Waals surface area contributed by atoms with Crippen LogP contribution in [-0.4, -0.2) is 34.9 Å². The normalized spacial score (nSPS) is 16.0. The Kier molecular flexibility index (Phi) is 6.06. The number of para-hydroxylation sites is 2. The molecule has 1 heterocycles. The van der Waals surface area contributed by atoms with Crippen LogP contribution in [0.4, 0.5) is 5.69 Å². The minimum atomic E-state index is -0.753. The Hall–Kier alpha value is -2.89. The number of piperidine rings is 1. The third kappa shape index (κ3) is 4.84. The number of carbonyl (C=O) groups excluding carboxylic acids is 1. The maximum Gasteiger partial charge on any atom is 0.310 e. The zero-order chi connectivity index (χ0) is 19.2. The molecule has 0 aromatic heterocycles. The maximum atomic E-state index is 12.7. The fourth-order valence-electron chi connectivity index (χ4n) is 3.51. The highest BCUT2D eigenvalue weighted by molar-refractivity contribution is 5.81. The average Bonchev–Trinajstić information content (AvgIpc) is 2.69. The van der Waals surface area contributed by atoms with Gasteiger partial charge in [0.25, 0.3) is 5.91 Å². The summed E-state index contributed by atoms with van der Waals surface area (Å²) in [5.74, 6) is 0.580. The third-order valence-corrected chi connectivity index (χ3v) is 5.01. The molecule has 0 N–H and O–H groups in total. The predicted octanol–water partition coefficient (Wildman–Crippen LogP) is 3.84. The van der Waals surface area contributed by atoms with Crippen LogP contribution in [0, 0.1) is 16.0 Å². The summed E-state index contributed by atoms with van der Waals surface area (Å²) >= 11 is 0. The lowest BCUT2D eigenvalue weighted by molar-refractivity contribution is -0.386. The van der Waals surface area contributed by atoms with E-state index < -0.39 is 11.0 Å². The Morgan fingerprint density at radius 3 is 2.44 bits per heavy atom. The first-order chi connectivity index (χ1) is 13.0. The van der Waals surface area contributed by atoms with Crippen LogP contribution in [0.25, 0.3) is 0 Å². The van der Waals surface area contributed by atoms with Gasteiger partial charge in [-0.25, -0.2) is 0 Å². The van der Waals surface area contributed by atoms with Gasteiger partial charge in [-0.3, -0.25) is 14.9 Å². The number of nitro groups is 1. The summed E-state index contributed by atoms with van der Waals surface area (Å²) < 4.78 is 5.61. The van der Waals surface area contributed by atoms with Crippen molar-refractivity contribution in [1.82, 2.24) is 4.90 Å². The quantitative estimate of drug-likeness (QED) is 0.573. The zero-order valence-electron chi connectivity index (χ0n) is 15.4. The number of carbonyl (C=O) groups is 1. The molecule has 0 spiro atoms. The lowest BCUT2D eigenvalue weighted by atomic mass is 9.90. The van der Waals surface area contributed by atoms with Crippen LogP contribution in [0.5, 0.6) is 5.75 Å². The molecule has 3 rings (SSSR count). The summed E-state index contributed by atoms with van der Waals surface area (Å²) in [5, 5.41) is 11.1. The highest BCUT2D eigenvalue weighted by Gasteiger charge is 2.28. The van der Waals surface area contributed by atoms with Crippen molar-refractivity contribution >= 4 is 11.6 Å². The van der Waals surface area contributed by atoms with Crippen LogP contribution in [0.3, 0.4) is 0 Å². The van der Waals surface area contributed by atoms with Crippen LogP contribution in [-0.2, 0) is 11.2 Å². The largest absolute Gasteiger partial charge is 0.474 e. The standard InChI is InChI=1S/C21H24N2O4/c1-16(27-20-10-6-5-9-19(20)23(25)26)21(24)22-13-11-18(12-14-22)15-17-7-3-2-4-8-17/h2-10,16,18H,11-15H2,1H3/t16-/m0/s1. The molecule has 0 aliphatic carbocycles. The Bertz CT molecular complexity index is 786. The van der Waals surface area contributed by atoms with Crippen LogP contribution < -0.4 is 4.74 Å². The second kappa shape index (κ2) is 8.66. The van der Waals surface area contributed by atoms with Crippen molar-refractivity contribution in [1.29, 1.82) is 0 Å². The van der Waals surface area contributed by atoms with Crippen molar-refractivity contribution in [3.63, 3.8) is 0 Å². The number of rotatable bonds is 6. The minimum Gasteiger partial charge on any atom is -0.474 e. The molecule has 142 valence electrons. The smallest absolute Gasteiger partial charge is 0.310 e. The lowest BCUT2D eigenvalue weighted by Gasteiger charge is -2.33. The molecule has 1 saturated heterocycles. The number of ether oxygens (including phenoxy) is 1. The Labute approximate surface area is 158 Å².